The summed E-state index contributed by atoms with van der Waals surface area (Å²) in [5.74, 6) is -0.0204. The minimum atomic E-state index is -0.0863. The van der Waals surface area contributed by atoms with Crippen LogP contribution in [0.1, 0.15) is 31.4 Å². The fraction of sp³-hybridized carbons (Fsp3) is 0.706. The molecule has 1 aromatic rings. The van der Waals surface area contributed by atoms with E-state index in [0.717, 1.165) is 57.4 Å². The highest BCUT2D eigenvalue weighted by Gasteiger charge is 2.31. The first-order valence-electron chi connectivity index (χ1n) is 8.93. The molecule has 0 radical (unpaired) electrons. The first-order valence-corrected chi connectivity index (χ1v) is 8.93. The first-order chi connectivity index (χ1) is 11.6. The monoisotopic (exact) mass is 333 g/mol. The lowest BCUT2D eigenvalue weighted by Crippen LogP contribution is -2.49. The number of nitrogens with one attached hydrogen (secondary N) is 1. The van der Waals surface area contributed by atoms with E-state index in [1.165, 1.54) is 0 Å². The normalized spacial score (nSPS) is 21.1. The minimum Gasteiger partial charge on any atom is -0.355 e. The summed E-state index contributed by atoms with van der Waals surface area (Å²) in [6, 6.07) is 2.07. The molecular weight excluding hydrogens is 306 g/mol. The quantitative estimate of drug-likeness (QED) is 0.894. The molecule has 1 atom stereocenters. The van der Waals surface area contributed by atoms with Gasteiger partial charge in [-0.3, -0.25) is 9.48 Å². The molecule has 2 fully saturated rings. The van der Waals surface area contributed by atoms with Crippen molar-refractivity contribution in [2.75, 3.05) is 32.7 Å². The van der Waals surface area contributed by atoms with Gasteiger partial charge in [0.25, 0.3) is 0 Å². The fourth-order valence-corrected chi connectivity index (χ4v) is 3.58. The van der Waals surface area contributed by atoms with Crippen molar-refractivity contribution in [2.24, 2.45) is 13.0 Å². The highest BCUT2D eigenvalue weighted by Crippen LogP contribution is 2.20. The van der Waals surface area contributed by atoms with Crippen LogP contribution in [-0.2, 0) is 18.3 Å². The van der Waals surface area contributed by atoms with Gasteiger partial charge in [0.05, 0.1) is 5.92 Å². The standard InChI is InChI=1S/C17H27N5O2/c1-20-15(7-9-19-20)6-8-18-16(23)14-5-4-12-22(13-14)17(24)21-10-2-3-11-21/h7,9,14H,2-6,8,10-13H2,1H3,(H,18,23). The summed E-state index contributed by atoms with van der Waals surface area (Å²) in [5, 5.41) is 7.14. The lowest BCUT2D eigenvalue weighted by Gasteiger charge is -2.34. The second kappa shape index (κ2) is 7.68. The number of aryl methyl sites for hydroxylation is 1. The van der Waals surface area contributed by atoms with Crippen LogP contribution < -0.4 is 5.32 Å². The zero-order chi connectivity index (χ0) is 16.9. The van der Waals surface area contributed by atoms with Crippen LogP contribution in [-0.4, -0.2) is 64.2 Å². The summed E-state index contributed by atoms with van der Waals surface area (Å²) in [4.78, 5) is 28.7. The molecule has 3 rings (SSSR count). The number of carbonyl (C=O) groups excluding carboxylic acids is 2. The second-order valence-corrected chi connectivity index (χ2v) is 6.75. The van der Waals surface area contributed by atoms with E-state index in [-0.39, 0.29) is 17.9 Å². The lowest BCUT2D eigenvalue weighted by atomic mass is 9.97. The van der Waals surface area contributed by atoms with Crippen LogP contribution in [0.4, 0.5) is 4.79 Å². The maximum atomic E-state index is 12.5. The van der Waals surface area contributed by atoms with Crippen molar-refractivity contribution in [1.29, 1.82) is 0 Å². The van der Waals surface area contributed by atoms with E-state index in [1.807, 2.05) is 27.6 Å². The molecule has 7 heteroatoms. The molecule has 0 bridgehead atoms. The number of hydrogen-bond acceptors (Lipinski definition) is 3. The number of carbonyl (C=O) groups is 2. The van der Waals surface area contributed by atoms with Crippen molar-refractivity contribution in [1.82, 2.24) is 24.9 Å². The molecule has 24 heavy (non-hydrogen) atoms. The largest absolute Gasteiger partial charge is 0.355 e. The van der Waals surface area contributed by atoms with E-state index in [2.05, 4.69) is 10.4 Å². The molecule has 2 aliphatic rings. The van der Waals surface area contributed by atoms with E-state index >= 15 is 0 Å². The van der Waals surface area contributed by atoms with Gasteiger partial charge in [0.15, 0.2) is 0 Å². The summed E-state index contributed by atoms with van der Waals surface area (Å²) >= 11 is 0. The van der Waals surface area contributed by atoms with E-state index in [4.69, 9.17) is 0 Å². The molecule has 1 N–H and O–H groups in total. The molecule has 2 saturated heterocycles. The van der Waals surface area contributed by atoms with Crippen LogP contribution in [0.25, 0.3) is 0 Å². The summed E-state index contributed by atoms with van der Waals surface area (Å²) in [7, 11) is 1.90. The van der Waals surface area contributed by atoms with Gasteiger partial charge >= 0.3 is 6.03 Å². The Morgan fingerprint density at radius 2 is 1.96 bits per heavy atom. The van der Waals surface area contributed by atoms with E-state index in [9.17, 15) is 9.59 Å². The molecule has 0 spiro atoms. The number of piperidine rings is 1. The summed E-state index contributed by atoms with van der Waals surface area (Å²) in [6.45, 7) is 3.64. The third-order valence-electron chi connectivity index (χ3n) is 5.04. The summed E-state index contributed by atoms with van der Waals surface area (Å²) in [5.41, 5.74) is 1.10. The fourth-order valence-electron chi connectivity index (χ4n) is 3.58. The lowest BCUT2D eigenvalue weighted by molar-refractivity contribution is -0.126. The molecule has 0 aliphatic carbocycles. The third-order valence-corrected chi connectivity index (χ3v) is 5.04. The maximum Gasteiger partial charge on any atom is 0.320 e. The predicted molar refractivity (Wildman–Crippen MR) is 90.4 cm³/mol. The molecular formula is C17H27N5O2. The van der Waals surface area contributed by atoms with Crippen LogP contribution >= 0.6 is 0 Å². The number of aromatic nitrogens is 2. The third kappa shape index (κ3) is 3.88. The smallest absolute Gasteiger partial charge is 0.320 e. The van der Waals surface area contributed by atoms with Gasteiger partial charge in [-0.05, 0) is 31.7 Å². The minimum absolute atomic E-state index is 0.0658. The molecule has 1 unspecified atom stereocenters. The van der Waals surface area contributed by atoms with Crippen molar-refractivity contribution in [2.45, 2.75) is 32.1 Å². The zero-order valence-electron chi connectivity index (χ0n) is 14.4. The van der Waals surface area contributed by atoms with Gasteiger partial charge in [-0.2, -0.15) is 5.10 Å². The Hall–Kier alpha value is -2.05. The Labute approximate surface area is 143 Å². The Morgan fingerprint density at radius 1 is 1.21 bits per heavy atom. The van der Waals surface area contributed by atoms with Gasteiger partial charge < -0.3 is 15.1 Å². The molecule has 0 saturated carbocycles. The molecule has 7 nitrogen and oxygen atoms in total. The Kier molecular flexibility index (Phi) is 5.37. The number of urea groups is 1. The van der Waals surface area contributed by atoms with E-state index < -0.39 is 0 Å². The van der Waals surface area contributed by atoms with Crippen LogP contribution in [0.3, 0.4) is 0 Å². The Bertz CT molecular complexity index is 579. The average Bonchev–Trinajstić information content (AvgIpc) is 3.26. The maximum absolute atomic E-state index is 12.5. The molecule has 132 valence electrons. The van der Waals surface area contributed by atoms with Gasteiger partial charge in [0.1, 0.15) is 0 Å². The average molecular weight is 333 g/mol. The van der Waals surface area contributed by atoms with Crippen LogP contribution in [0.15, 0.2) is 12.3 Å². The van der Waals surface area contributed by atoms with Crippen LogP contribution in [0.5, 0.6) is 0 Å². The number of hydrogen-bond donors (Lipinski definition) is 1. The molecule has 2 aliphatic heterocycles. The number of amides is 3. The number of likely N-dealkylation sites (tertiary alicyclic amines) is 2. The first kappa shape index (κ1) is 16.8. The van der Waals surface area contributed by atoms with Gasteiger partial charge in [-0.1, -0.05) is 0 Å². The highest BCUT2D eigenvalue weighted by molar-refractivity contribution is 5.81. The SMILES string of the molecule is Cn1nccc1CCNC(=O)C1CCCN(C(=O)N2CCCC2)C1. The predicted octanol–water partition coefficient (Wildman–Crippen LogP) is 1.01. The summed E-state index contributed by atoms with van der Waals surface area (Å²) in [6.07, 6.45) is 6.49. The number of nitrogens with zero attached hydrogens (tertiary/aromatic N) is 4. The van der Waals surface area contributed by atoms with Crippen molar-refractivity contribution in [3.05, 3.63) is 18.0 Å². The van der Waals surface area contributed by atoms with Crippen molar-refractivity contribution >= 4 is 11.9 Å². The van der Waals surface area contributed by atoms with Crippen LogP contribution in [0.2, 0.25) is 0 Å². The Morgan fingerprint density at radius 3 is 2.67 bits per heavy atom. The molecule has 1 aromatic heterocycles. The van der Waals surface area contributed by atoms with Gasteiger partial charge in [-0.15, -0.1) is 0 Å². The molecule has 3 heterocycles. The molecule has 3 amide bonds. The van der Waals surface area contributed by atoms with Crippen LogP contribution in [0, 0.1) is 5.92 Å². The van der Waals surface area contributed by atoms with Crippen molar-refractivity contribution in [3.8, 4) is 0 Å². The van der Waals surface area contributed by atoms with Gasteiger partial charge in [0.2, 0.25) is 5.91 Å². The topological polar surface area (TPSA) is 70.5 Å². The van der Waals surface area contributed by atoms with Gasteiger partial charge in [-0.25, -0.2) is 4.79 Å². The number of rotatable bonds is 4. The summed E-state index contributed by atoms with van der Waals surface area (Å²) < 4.78 is 1.82. The van der Waals surface area contributed by atoms with Crippen molar-refractivity contribution in [3.63, 3.8) is 0 Å². The van der Waals surface area contributed by atoms with E-state index in [0.29, 0.717) is 13.1 Å². The molecule has 0 aromatic carbocycles. The second-order valence-electron chi connectivity index (χ2n) is 6.75. The van der Waals surface area contributed by atoms with Gasteiger partial charge in [0, 0.05) is 58.1 Å². The van der Waals surface area contributed by atoms with E-state index in [1.54, 1.807) is 6.20 Å². The highest BCUT2D eigenvalue weighted by atomic mass is 16.2. The zero-order valence-corrected chi connectivity index (χ0v) is 14.4. The van der Waals surface area contributed by atoms with Crippen molar-refractivity contribution < 1.29 is 9.59 Å². The Balaban J connectivity index is 1.46.